The quantitative estimate of drug-likeness (QED) is 0.847. The molecule has 2 amide bonds. The Labute approximate surface area is 141 Å². The highest BCUT2D eigenvalue weighted by atomic mass is 16.5. The van der Waals surface area contributed by atoms with E-state index in [-0.39, 0.29) is 30.6 Å². The summed E-state index contributed by atoms with van der Waals surface area (Å²) >= 11 is 0. The summed E-state index contributed by atoms with van der Waals surface area (Å²) in [4.78, 5) is 28.4. The minimum atomic E-state index is -0.743. The molecule has 1 aromatic heterocycles. The number of nitrogens with zero attached hydrogens (tertiary/aromatic N) is 1. The van der Waals surface area contributed by atoms with Crippen LogP contribution in [0.3, 0.4) is 0 Å². The van der Waals surface area contributed by atoms with Gasteiger partial charge in [0.05, 0.1) is 12.1 Å². The molecule has 7 heteroatoms. The van der Waals surface area contributed by atoms with Crippen molar-refractivity contribution in [1.82, 2.24) is 15.6 Å². The molecule has 0 spiro atoms. The van der Waals surface area contributed by atoms with Gasteiger partial charge in [-0.1, -0.05) is 6.07 Å². The first-order valence-corrected chi connectivity index (χ1v) is 8.31. The first-order valence-electron chi connectivity index (χ1n) is 8.31. The van der Waals surface area contributed by atoms with Crippen molar-refractivity contribution < 1.29 is 19.1 Å². The fourth-order valence-corrected chi connectivity index (χ4v) is 3.32. The van der Waals surface area contributed by atoms with Gasteiger partial charge in [0.1, 0.15) is 6.61 Å². The second kappa shape index (κ2) is 7.72. The van der Waals surface area contributed by atoms with Crippen LogP contribution in [0.15, 0.2) is 24.5 Å². The van der Waals surface area contributed by atoms with E-state index in [0.717, 1.165) is 31.2 Å². The number of carbonyl (C=O) groups excluding carboxylic acids is 2. The molecule has 1 saturated heterocycles. The van der Waals surface area contributed by atoms with Crippen molar-refractivity contribution in [2.75, 3.05) is 13.7 Å². The lowest BCUT2D eigenvalue weighted by atomic mass is 9.92. The summed E-state index contributed by atoms with van der Waals surface area (Å²) in [6, 6.07) is 3.21. The van der Waals surface area contributed by atoms with Gasteiger partial charge >= 0.3 is 0 Å². The van der Waals surface area contributed by atoms with Crippen LogP contribution in [0.2, 0.25) is 0 Å². The molecule has 2 heterocycles. The SMILES string of the molecule is COC1CCC(NC(=O)[C@H]2OCC(=O)N[C@@H]2c2cccnc2)CC1. The average molecular weight is 333 g/mol. The molecule has 2 fully saturated rings. The van der Waals surface area contributed by atoms with Crippen molar-refractivity contribution in [3.63, 3.8) is 0 Å². The van der Waals surface area contributed by atoms with Gasteiger partial charge < -0.3 is 20.1 Å². The Kier molecular flexibility index (Phi) is 5.42. The number of hydrogen-bond acceptors (Lipinski definition) is 5. The van der Waals surface area contributed by atoms with Gasteiger partial charge in [-0.25, -0.2) is 0 Å². The van der Waals surface area contributed by atoms with Crippen LogP contribution in [-0.2, 0) is 19.1 Å². The molecule has 2 N–H and O–H groups in total. The number of pyridine rings is 1. The van der Waals surface area contributed by atoms with Crippen molar-refractivity contribution in [2.24, 2.45) is 0 Å². The molecule has 1 aromatic rings. The maximum Gasteiger partial charge on any atom is 0.251 e. The summed E-state index contributed by atoms with van der Waals surface area (Å²) in [5.74, 6) is -0.418. The predicted octanol–water partition coefficient (Wildman–Crippen LogP) is 0.712. The molecule has 1 saturated carbocycles. The molecule has 7 nitrogen and oxygen atoms in total. The lowest BCUT2D eigenvalue weighted by molar-refractivity contribution is -0.148. The number of aromatic nitrogens is 1. The summed E-state index contributed by atoms with van der Waals surface area (Å²) in [6.45, 7) is -0.106. The second-order valence-corrected chi connectivity index (χ2v) is 6.28. The van der Waals surface area contributed by atoms with Gasteiger partial charge in [-0.05, 0) is 37.3 Å². The van der Waals surface area contributed by atoms with E-state index < -0.39 is 12.1 Å². The number of morpholine rings is 1. The van der Waals surface area contributed by atoms with E-state index in [9.17, 15) is 9.59 Å². The summed E-state index contributed by atoms with van der Waals surface area (Å²) < 4.78 is 10.9. The fourth-order valence-electron chi connectivity index (χ4n) is 3.32. The molecule has 130 valence electrons. The first-order chi connectivity index (χ1) is 11.7. The van der Waals surface area contributed by atoms with Gasteiger partial charge in [-0.15, -0.1) is 0 Å². The van der Waals surface area contributed by atoms with Crippen LogP contribution >= 0.6 is 0 Å². The average Bonchev–Trinajstić information content (AvgIpc) is 2.63. The van der Waals surface area contributed by atoms with Crippen molar-refractivity contribution in [1.29, 1.82) is 0 Å². The molecular weight excluding hydrogens is 310 g/mol. The van der Waals surface area contributed by atoms with Crippen LogP contribution in [0.25, 0.3) is 0 Å². The van der Waals surface area contributed by atoms with Crippen molar-refractivity contribution in [2.45, 2.75) is 50.0 Å². The van der Waals surface area contributed by atoms with E-state index in [1.807, 2.05) is 6.07 Å². The molecule has 1 aliphatic carbocycles. The Morgan fingerprint density at radius 3 is 2.83 bits per heavy atom. The van der Waals surface area contributed by atoms with Gasteiger partial charge in [-0.3, -0.25) is 14.6 Å². The largest absolute Gasteiger partial charge is 0.381 e. The predicted molar refractivity (Wildman–Crippen MR) is 86.1 cm³/mol. The number of hydrogen-bond donors (Lipinski definition) is 2. The Balaban J connectivity index is 1.65. The topological polar surface area (TPSA) is 89.5 Å². The maximum atomic E-state index is 12.7. The zero-order chi connectivity index (χ0) is 16.9. The fraction of sp³-hybridized carbons (Fsp3) is 0.588. The Morgan fingerprint density at radius 1 is 1.38 bits per heavy atom. The lowest BCUT2D eigenvalue weighted by Crippen LogP contribution is -2.54. The van der Waals surface area contributed by atoms with Gasteiger partial charge in [0.15, 0.2) is 6.10 Å². The van der Waals surface area contributed by atoms with Gasteiger partial charge in [0.25, 0.3) is 5.91 Å². The first kappa shape index (κ1) is 16.9. The number of nitrogens with one attached hydrogen (secondary N) is 2. The number of methoxy groups -OCH3 is 1. The van der Waals surface area contributed by atoms with Crippen LogP contribution < -0.4 is 10.6 Å². The lowest BCUT2D eigenvalue weighted by Gasteiger charge is -2.34. The van der Waals surface area contributed by atoms with E-state index in [2.05, 4.69) is 15.6 Å². The Morgan fingerprint density at radius 2 is 2.17 bits per heavy atom. The molecule has 3 rings (SSSR count). The number of ether oxygens (including phenoxy) is 2. The zero-order valence-corrected chi connectivity index (χ0v) is 13.7. The highest BCUT2D eigenvalue weighted by Crippen LogP contribution is 2.24. The molecule has 24 heavy (non-hydrogen) atoms. The number of amides is 2. The highest BCUT2D eigenvalue weighted by molar-refractivity contribution is 5.86. The van der Waals surface area contributed by atoms with Gasteiger partial charge in [0.2, 0.25) is 5.91 Å². The second-order valence-electron chi connectivity index (χ2n) is 6.28. The van der Waals surface area contributed by atoms with Crippen LogP contribution in [0.4, 0.5) is 0 Å². The van der Waals surface area contributed by atoms with Gasteiger partial charge in [0, 0.05) is 25.5 Å². The third kappa shape index (κ3) is 3.91. The molecule has 0 unspecified atom stereocenters. The summed E-state index contributed by atoms with van der Waals surface area (Å²) in [6.07, 6.45) is 6.49. The van der Waals surface area contributed by atoms with Crippen LogP contribution in [0, 0.1) is 0 Å². The zero-order valence-electron chi connectivity index (χ0n) is 13.7. The molecule has 2 atom stereocenters. The van der Waals surface area contributed by atoms with Gasteiger partial charge in [-0.2, -0.15) is 0 Å². The molecule has 0 radical (unpaired) electrons. The summed E-state index contributed by atoms with van der Waals surface area (Å²) in [7, 11) is 1.72. The molecule has 2 aliphatic rings. The maximum absolute atomic E-state index is 12.7. The molecule has 1 aliphatic heterocycles. The monoisotopic (exact) mass is 333 g/mol. The molecule has 0 aromatic carbocycles. The molecule has 0 bridgehead atoms. The number of carbonyl (C=O) groups is 2. The van der Waals surface area contributed by atoms with E-state index >= 15 is 0 Å². The standard InChI is InChI=1S/C17H23N3O4/c1-23-13-6-4-12(5-7-13)19-17(22)16-15(20-14(21)10-24-16)11-3-2-8-18-9-11/h2-3,8-9,12-13,15-16H,4-7,10H2,1H3,(H,19,22)(H,20,21)/t12?,13?,15-,16+/m1/s1. The van der Waals surface area contributed by atoms with E-state index in [0.29, 0.717) is 0 Å². The Bertz CT molecular complexity index is 572. The van der Waals surface area contributed by atoms with E-state index in [1.165, 1.54) is 0 Å². The van der Waals surface area contributed by atoms with Crippen molar-refractivity contribution in [3.05, 3.63) is 30.1 Å². The smallest absolute Gasteiger partial charge is 0.251 e. The van der Waals surface area contributed by atoms with E-state index in [1.54, 1.807) is 25.6 Å². The van der Waals surface area contributed by atoms with Crippen LogP contribution in [0.5, 0.6) is 0 Å². The highest BCUT2D eigenvalue weighted by Gasteiger charge is 2.37. The van der Waals surface area contributed by atoms with E-state index in [4.69, 9.17) is 9.47 Å². The van der Waals surface area contributed by atoms with Crippen LogP contribution in [0.1, 0.15) is 37.3 Å². The number of rotatable bonds is 4. The normalized spacial score (nSPS) is 30.5. The van der Waals surface area contributed by atoms with Crippen LogP contribution in [-0.4, -0.2) is 48.8 Å². The minimum absolute atomic E-state index is 0.106. The third-order valence-electron chi connectivity index (χ3n) is 4.67. The summed E-state index contributed by atoms with van der Waals surface area (Å²) in [5, 5.41) is 5.89. The van der Waals surface area contributed by atoms with Crippen molar-refractivity contribution in [3.8, 4) is 0 Å². The molecular formula is C17H23N3O4. The Hall–Kier alpha value is -1.99. The third-order valence-corrected chi connectivity index (χ3v) is 4.67. The summed E-state index contributed by atoms with van der Waals surface area (Å²) in [5.41, 5.74) is 0.758. The minimum Gasteiger partial charge on any atom is -0.381 e. The van der Waals surface area contributed by atoms with Crippen molar-refractivity contribution >= 4 is 11.8 Å².